The van der Waals surface area contributed by atoms with Gasteiger partial charge in [-0.2, -0.15) is 0 Å². The Balaban J connectivity index is 2.26. The van der Waals surface area contributed by atoms with Gasteiger partial charge in [0.15, 0.2) is 0 Å². The first-order valence-corrected chi connectivity index (χ1v) is 5.56. The second-order valence-electron chi connectivity index (χ2n) is 5.57. The van der Waals surface area contributed by atoms with Crippen LogP contribution in [0.15, 0.2) is 12.2 Å². The number of fused-ring (bicyclic) bond motifs is 2. The van der Waals surface area contributed by atoms with Gasteiger partial charge in [-0.15, -0.1) is 0 Å². The normalized spacial score (nSPS) is 42.6. The Bertz CT molecular complexity index is 212. The molecule has 2 aliphatic carbocycles. The molecule has 0 nitrogen and oxygen atoms in total. The molecule has 0 aromatic carbocycles. The van der Waals surface area contributed by atoms with Gasteiger partial charge < -0.3 is 0 Å². The Morgan fingerprint density at radius 1 is 1.00 bits per heavy atom. The fraction of sp³-hybridized carbons (Fsp3) is 0.769. The van der Waals surface area contributed by atoms with Crippen LogP contribution in [0.2, 0.25) is 0 Å². The topological polar surface area (TPSA) is 0 Å². The van der Waals surface area contributed by atoms with Crippen molar-refractivity contribution in [3.63, 3.8) is 0 Å². The van der Waals surface area contributed by atoms with E-state index in [4.69, 9.17) is 0 Å². The molecule has 1 fully saturated rings. The van der Waals surface area contributed by atoms with Crippen molar-refractivity contribution in [2.75, 3.05) is 0 Å². The molecule has 73 valence electrons. The van der Waals surface area contributed by atoms with E-state index < -0.39 is 0 Å². The Kier molecular flexibility index (Phi) is 1.87. The van der Waals surface area contributed by atoms with Crippen LogP contribution in [0.4, 0.5) is 0 Å². The van der Waals surface area contributed by atoms with Gasteiger partial charge in [0, 0.05) is 0 Å². The molecular weight excluding hydrogens is 156 g/mol. The highest BCUT2D eigenvalue weighted by atomic mass is 14.6. The van der Waals surface area contributed by atoms with Gasteiger partial charge in [-0.25, -0.2) is 0 Å². The molecule has 13 heavy (non-hydrogen) atoms. The van der Waals surface area contributed by atoms with Crippen LogP contribution in [-0.4, -0.2) is 0 Å². The Morgan fingerprint density at radius 3 is 1.92 bits per heavy atom. The number of hydrogen-bond donors (Lipinski definition) is 0. The van der Waals surface area contributed by atoms with E-state index in [1.54, 1.807) is 0 Å². The largest absolute Gasteiger partial charge is 0.0814 e. The van der Waals surface area contributed by atoms with E-state index in [1.165, 1.54) is 12.8 Å². The zero-order chi connectivity index (χ0) is 9.69. The lowest BCUT2D eigenvalue weighted by Gasteiger charge is -2.29. The standard InChI is InChI=1S/C13H21/c1-10(2)12-5-7-13(9-12,8-6-12)11(3)4/h5-7,10-11H,8-9H2,1-4H3. The zero-order valence-electron chi connectivity index (χ0n) is 9.30. The van der Waals surface area contributed by atoms with Gasteiger partial charge in [-0.3, -0.25) is 0 Å². The van der Waals surface area contributed by atoms with E-state index in [2.05, 4.69) is 46.3 Å². The minimum absolute atomic E-state index is 0.449. The van der Waals surface area contributed by atoms with Crippen LogP contribution < -0.4 is 0 Å². The first-order chi connectivity index (χ1) is 6.01. The minimum Gasteiger partial charge on any atom is -0.0814 e. The van der Waals surface area contributed by atoms with Crippen molar-refractivity contribution in [3.8, 4) is 0 Å². The van der Waals surface area contributed by atoms with Crippen LogP contribution in [-0.2, 0) is 0 Å². The Labute approximate surface area is 82.4 Å². The van der Waals surface area contributed by atoms with Crippen LogP contribution in [0, 0.1) is 29.1 Å². The molecule has 1 saturated carbocycles. The lowest BCUT2D eigenvalue weighted by molar-refractivity contribution is 0.242. The molecule has 0 heterocycles. The summed E-state index contributed by atoms with van der Waals surface area (Å²) < 4.78 is 0. The van der Waals surface area contributed by atoms with Crippen molar-refractivity contribution in [2.45, 2.75) is 40.5 Å². The monoisotopic (exact) mass is 177 g/mol. The van der Waals surface area contributed by atoms with Crippen molar-refractivity contribution in [1.82, 2.24) is 0 Å². The Hall–Kier alpha value is -0.260. The second kappa shape index (κ2) is 2.62. The molecule has 0 N–H and O–H groups in total. The van der Waals surface area contributed by atoms with Crippen LogP contribution >= 0.6 is 0 Å². The van der Waals surface area contributed by atoms with E-state index >= 15 is 0 Å². The molecule has 2 bridgehead atoms. The van der Waals surface area contributed by atoms with Crippen LogP contribution in [0.5, 0.6) is 0 Å². The maximum Gasteiger partial charge on any atom is -0.00552 e. The molecule has 0 amide bonds. The maximum absolute atomic E-state index is 2.57. The molecular formula is C13H21. The molecule has 2 atom stereocenters. The fourth-order valence-electron chi connectivity index (χ4n) is 2.93. The molecule has 1 radical (unpaired) electrons. The smallest absolute Gasteiger partial charge is 0.00552 e. The molecule has 0 aliphatic heterocycles. The van der Waals surface area contributed by atoms with Gasteiger partial charge in [-0.1, -0.05) is 39.8 Å². The molecule has 2 aliphatic rings. The van der Waals surface area contributed by atoms with Crippen LogP contribution in [0.3, 0.4) is 0 Å². The first kappa shape index (κ1) is 9.30. The van der Waals surface area contributed by atoms with Gasteiger partial charge >= 0.3 is 0 Å². The molecule has 0 saturated heterocycles. The molecule has 0 aromatic rings. The van der Waals surface area contributed by atoms with Crippen LogP contribution in [0.1, 0.15) is 40.5 Å². The van der Waals surface area contributed by atoms with Crippen molar-refractivity contribution in [2.24, 2.45) is 22.7 Å². The van der Waals surface area contributed by atoms with Gasteiger partial charge in [-0.05, 0) is 41.9 Å². The molecule has 2 rings (SSSR count). The van der Waals surface area contributed by atoms with Crippen LogP contribution in [0.25, 0.3) is 0 Å². The van der Waals surface area contributed by atoms with Crippen molar-refractivity contribution in [1.29, 1.82) is 0 Å². The van der Waals surface area contributed by atoms with Crippen molar-refractivity contribution < 1.29 is 0 Å². The first-order valence-electron chi connectivity index (χ1n) is 5.56. The molecule has 0 spiro atoms. The van der Waals surface area contributed by atoms with E-state index in [0.29, 0.717) is 10.8 Å². The third-order valence-corrected chi connectivity index (χ3v) is 4.45. The van der Waals surface area contributed by atoms with Gasteiger partial charge in [0.05, 0.1) is 0 Å². The van der Waals surface area contributed by atoms with Gasteiger partial charge in [0.25, 0.3) is 0 Å². The fourth-order valence-corrected chi connectivity index (χ4v) is 2.93. The molecule has 0 heteroatoms. The van der Waals surface area contributed by atoms with E-state index in [0.717, 1.165) is 11.8 Å². The average molecular weight is 177 g/mol. The average Bonchev–Trinajstić information content (AvgIpc) is 2.61. The van der Waals surface area contributed by atoms with Gasteiger partial charge in [0.2, 0.25) is 0 Å². The third-order valence-electron chi connectivity index (χ3n) is 4.45. The van der Waals surface area contributed by atoms with E-state index in [1.807, 2.05) is 0 Å². The highest BCUT2D eigenvalue weighted by Crippen LogP contribution is 2.62. The second-order valence-corrected chi connectivity index (χ2v) is 5.57. The van der Waals surface area contributed by atoms with Crippen molar-refractivity contribution in [3.05, 3.63) is 18.6 Å². The maximum atomic E-state index is 2.57. The summed E-state index contributed by atoms with van der Waals surface area (Å²) in [4.78, 5) is 0. The summed E-state index contributed by atoms with van der Waals surface area (Å²) in [7, 11) is 0. The summed E-state index contributed by atoms with van der Waals surface area (Å²) in [5.74, 6) is 1.56. The molecule has 2 unspecified atom stereocenters. The summed E-state index contributed by atoms with van der Waals surface area (Å²) in [6.07, 6.45) is 10.2. The summed E-state index contributed by atoms with van der Waals surface area (Å²) in [5, 5.41) is 0. The molecule has 0 aromatic heterocycles. The quantitative estimate of drug-likeness (QED) is 0.562. The van der Waals surface area contributed by atoms with E-state index in [-0.39, 0.29) is 0 Å². The summed E-state index contributed by atoms with van der Waals surface area (Å²) in [6.45, 7) is 9.42. The predicted molar refractivity (Wildman–Crippen MR) is 57.2 cm³/mol. The SMILES string of the molecule is CC(C)C12[CH]CC(C(C)C)(C=C1)C2. The van der Waals surface area contributed by atoms with Crippen molar-refractivity contribution >= 4 is 0 Å². The summed E-state index contributed by atoms with van der Waals surface area (Å²) >= 11 is 0. The zero-order valence-corrected chi connectivity index (χ0v) is 9.30. The van der Waals surface area contributed by atoms with E-state index in [9.17, 15) is 0 Å². The third kappa shape index (κ3) is 1.11. The Morgan fingerprint density at radius 2 is 1.69 bits per heavy atom. The highest BCUT2D eigenvalue weighted by Gasteiger charge is 2.52. The predicted octanol–water partition coefficient (Wildman–Crippen LogP) is 3.84. The van der Waals surface area contributed by atoms with Gasteiger partial charge in [0.1, 0.15) is 0 Å². The summed E-state index contributed by atoms with van der Waals surface area (Å²) in [5.41, 5.74) is 0.967. The number of rotatable bonds is 2. The lowest BCUT2D eigenvalue weighted by Crippen LogP contribution is -2.21. The number of allylic oxidation sites excluding steroid dienone is 2. The number of hydrogen-bond acceptors (Lipinski definition) is 0. The highest BCUT2D eigenvalue weighted by molar-refractivity contribution is 5.29. The lowest BCUT2D eigenvalue weighted by atomic mass is 9.75. The minimum atomic E-state index is 0.449. The summed E-state index contributed by atoms with van der Waals surface area (Å²) in [6, 6.07) is 0.